The molecule has 0 spiro atoms. The topological polar surface area (TPSA) is 12.5 Å². The van der Waals surface area contributed by atoms with E-state index in [1.807, 2.05) is 25.1 Å². The van der Waals surface area contributed by atoms with Crippen molar-refractivity contribution in [2.45, 2.75) is 32.5 Å². The van der Waals surface area contributed by atoms with Gasteiger partial charge in [0.25, 0.3) is 0 Å². The molecular weight excluding hydrogens is 347 g/mol. The van der Waals surface area contributed by atoms with Crippen LogP contribution in [-0.2, 0) is 6.54 Å². The summed E-state index contributed by atoms with van der Waals surface area (Å²) in [5.74, 6) is -0.368. The quantitative estimate of drug-likeness (QED) is 0.771. The summed E-state index contributed by atoms with van der Waals surface area (Å²) in [6, 6.07) is 5.77. The monoisotopic (exact) mass is 365 g/mol. The summed E-state index contributed by atoms with van der Waals surface area (Å²) in [6.45, 7) is 4.11. The largest absolute Gasteiger partial charge is 0.493 e. The van der Waals surface area contributed by atoms with Crippen LogP contribution in [0, 0.1) is 5.92 Å². The first kappa shape index (κ1) is 16.6. The van der Waals surface area contributed by atoms with Gasteiger partial charge in [-0.05, 0) is 60.4 Å². The normalized spacial score (nSPS) is 18.0. The maximum absolute atomic E-state index is 12.7. The van der Waals surface area contributed by atoms with Crippen molar-refractivity contribution in [2.75, 3.05) is 19.7 Å². The summed E-state index contributed by atoms with van der Waals surface area (Å²) in [4.78, 5) is 2.07. The molecule has 118 valence electrons. The molecule has 0 saturated carbocycles. The summed E-state index contributed by atoms with van der Waals surface area (Å²) in [6.07, 6.45) is -3.68. The van der Waals surface area contributed by atoms with Gasteiger partial charge in [-0.25, -0.2) is 0 Å². The van der Waals surface area contributed by atoms with E-state index in [4.69, 9.17) is 4.74 Å². The second-order valence-corrected chi connectivity index (χ2v) is 6.05. The molecule has 0 N–H and O–H groups in total. The van der Waals surface area contributed by atoms with Crippen LogP contribution in [0.5, 0.6) is 5.75 Å². The molecule has 0 aromatic heterocycles. The predicted octanol–water partition coefficient (Wildman–Crippen LogP) is 4.62. The number of likely N-dealkylation sites (tertiary alicyclic amines) is 1. The van der Waals surface area contributed by atoms with Gasteiger partial charge in [0, 0.05) is 6.54 Å². The van der Waals surface area contributed by atoms with Crippen molar-refractivity contribution < 1.29 is 17.9 Å². The van der Waals surface area contributed by atoms with E-state index >= 15 is 0 Å². The van der Waals surface area contributed by atoms with Crippen LogP contribution in [0.1, 0.15) is 25.3 Å². The van der Waals surface area contributed by atoms with E-state index in [1.165, 1.54) is 0 Å². The summed E-state index contributed by atoms with van der Waals surface area (Å²) in [7, 11) is 0. The molecule has 2 rings (SSSR count). The molecule has 1 aromatic carbocycles. The summed E-state index contributed by atoms with van der Waals surface area (Å²) in [5, 5.41) is 0. The van der Waals surface area contributed by atoms with E-state index < -0.39 is 12.1 Å². The van der Waals surface area contributed by atoms with Crippen molar-refractivity contribution in [3.63, 3.8) is 0 Å². The Balaban J connectivity index is 1.96. The Labute approximate surface area is 131 Å². The summed E-state index contributed by atoms with van der Waals surface area (Å²) < 4.78 is 44.4. The molecule has 1 fully saturated rings. The van der Waals surface area contributed by atoms with Gasteiger partial charge in [0.1, 0.15) is 5.75 Å². The Morgan fingerprint density at radius 1 is 1.29 bits per heavy atom. The summed E-state index contributed by atoms with van der Waals surface area (Å²) >= 11 is 3.52. The van der Waals surface area contributed by atoms with Gasteiger partial charge in [-0.1, -0.05) is 12.1 Å². The van der Waals surface area contributed by atoms with Crippen molar-refractivity contribution in [3.8, 4) is 5.75 Å². The van der Waals surface area contributed by atoms with Gasteiger partial charge in [0.05, 0.1) is 17.0 Å². The highest BCUT2D eigenvalue weighted by Crippen LogP contribution is 2.35. The number of nitrogens with zero attached hydrogens (tertiary/aromatic N) is 1. The molecule has 1 aromatic rings. The highest BCUT2D eigenvalue weighted by molar-refractivity contribution is 9.10. The zero-order valence-corrected chi connectivity index (χ0v) is 13.5. The maximum atomic E-state index is 12.7. The minimum atomic E-state index is -4.05. The second-order valence-electron chi connectivity index (χ2n) is 5.25. The lowest BCUT2D eigenvalue weighted by Gasteiger charge is -2.33. The van der Waals surface area contributed by atoms with Crippen molar-refractivity contribution in [1.82, 2.24) is 4.90 Å². The van der Waals surface area contributed by atoms with Gasteiger partial charge >= 0.3 is 6.18 Å². The Morgan fingerprint density at radius 2 is 1.95 bits per heavy atom. The molecule has 1 aliphatic heterocycles. The standard InChI is InChI=1S/C15H19BrF3NO/c1-2-21-13-5-3-4-11(14(13)16)10-20-8-6-12(7-9-20)15(17,18)19/h3-5,12H,2,6-10H2,1H3. The van der Waals surface area contributed by atoms with E-state index in [0.717, 1.165) is 15.8 Å². The molecule has 21 heavy (non-hydrogen) atoms. The smallest absolute Gasteiger partial charge is 0.391 e. The molecular formula is C15H19BrF3NO. The number of rotatable bonds is 4. The van der Waals surface area contributed by atoms with E-state index in [1.54, 1.807) is 0 Å². The molecule has 0 radical (unpaired) electrons. The van der Waals surface area contributed by atoms with Crippen LogP contribution in [0.15, 0.2) is 22.7 Å². The van der Waals surface area contributed by atoms with Gasteiger partial charge in [-0.2, -0.15) is 13.2 Å². The van der Waals surface area contributed by atoms with Gasteiger partial charge < -0.3 is 4.74 Å². The SMILES string of the molecule is CCOc1cccc(CN2CCC(C(F)(F)F)CC2)c1Br. The molecule has 1 saturated heterocycles. The second kappa shape index (κ2) is 7.01. The highest BCUT2D eigenvalue weighted by atomic mass is 79.9. The first-order chi connectivity index (χ1) is 9.91. The van der Waals surface area contributed by atoms with Crippen LogP contribution in [0.25, 0.3) is 0 Å². The molecule has 0 atom stereocenters. The van der Waals surface area contributed by atoms with Crippen LogP contribution in [-0.4, -0.2) is 30.8 Å². The molecule has 1 heterocycles. The molecule has 1 aliphatic rings. The Bertz CT molecular complexity index is 470. The first-order valence-corrected chi connectivity index (χ1v) is 7.90. The van der Waals surface area contributed by atoms with Crippen molar-refractivity contribution in [3.05, 3.63) is 28.2 Å². The van der Waals surface area contributed by atoms with E-state index in [2.05, 4.69) is 20.8 Å². The van der Waals surface area contributed by atoms with Crippen LogP contribution >= 0.6 is 15.9 Å². The third kappa shape index (κ3) is 4.36. The lowest BCUT2D eigenvalue weighted by Crippen LogP contribution is -2.38. The number of ether oxygens (including phenoxy) is 1. The van der Waals surface area contributed by atoms with Gasteiger partial charge in [-0.3, -0.25) is 4.90 Å². The molecule has 0 aliphatic carbocycles. The molecule has 0 amide bonds. The number of alkyl halides is 3. The van der Waals surface area contributed by atoms with Crippen LogP contribution in [0.2, 0.25) is 0 Å². The fourth-order valence-corrected chi connectivity index (χ4v) is 3.11. The van der Waals surface area contributed by atoms with Crippen molar-refractivity contribution in [1.29, 1.82) is 0 Å². The van der Waals surface area contributed by atoms with Gasteiger partial charge in [0.2, 0.25) is 0 Å². The number of hydrogen-bond acceptors (Lipinski definition) is 2. The fourth-order valence-electron chi connectivity index (χ4n) is 2.60. The van der Waals surface area contributed by atoms with E-state index in [-0.39, 0.29) is 12.8 Å². The average Bonchev–Trinajstić information content (AvgIpc) is 2.43. The molecule has 0 unspecified atom stereocenters. The van der Waals surface area contributed by atoms with Crippen LogP contribution in [0.4, 0.5) is 13.2 Å². The minimum Gasteiger partial charge on any atom is -0.493 e. The maximum Gasteiger partial charge on any atom is 0.391 e. The number of benzene rings is 1. The average molecular weight is 366 g/mol. The number of hydrogen-bond donors (Lipinski definition) is 0. The van der Waals surface area contributed by atoms with Crippen LogP contribution < -0.4 is 4.74 Å². The Hall–Kier alpha value is -0.750. The first-order valence-electron chi connectivity index (χ1n) is 7.11. The Morgan fingerprint density at radius 3 is 2.52 bits per heavy atom. The van der Waals surface area contributed by atoms with E-state index in [9.17, 15) is 13.2 Å². The fraction of sp³-hybridized carbons (Fsp3) is 0.600. The van der Waals surface area contributed by atoms with Gasteiger partial charge in [-0.15, -0.1) is 0 Å². The van der Waals surface area contributed by atoms with Crippen molar-refractivity contribution in [2.24, 2.45) is 5.92 Å². The zero-order valence-electron chi connectivity index (χ0n) is 11.9. The molecule has 6 heteroatoms. The summed E-state index contributed by atoms with van der Waals surface area (Å²) in [5.41, 5.74) is 1.05. The van der Waals surface area contributed by atoms with Crippen molar-refractivity contribution >= 4 is 15.9 Å². The number of piperidine rings is 1. The lowest BCUT2D eigenvalue weighted by molar-refractivity contribution is -0.185. The van der Waals surface area contributed by atoms with E-state index in [0.29, 0.717) is 26.2 Å². The number of halogens is 4. The lowest BCUT2D eigenvalue weighted by atomic mass is 9.96. The van der Waals surface area contributed by atoms with Crippen LogP contribution in [0.3, 0.4) is 0 Å². The third-order valence-corrected chi connectivity index (χ3v) is 4.69. The predicted molar refractivity (Wildman–Crippen MR) is 79.4 cm³/mol. The molecule has 2 nitrogen and oxygen atoms in total. The third-order valence-electron chi connectivity index (χ3n) is 3.79. The Kier molecular flexibility index (Phi) is 5.54. The minimum absolute atomic E-state index is 0.187. The molecule has 0 bridgehead atoms. The van der Waals surface area contributed by atoms with Gasteiger partial charge in [0.15, 0.2) is 0 Å². The highest BCUT2D eigenvalue weighted by Gasteiger charge is 2.40. The zero-order chi connectivity index (χ0) is 15.5.